The molecule has 0 bridgehead atoms. The Morgan fingerprint density at radius 1 is 1.37 bits per heavy atom. The van der Waals surface area contributed by atoms with E-state index in [2.05, 4.69) is 15.3 Å². The van der Waals surface area contributed by atoms with E-state index in [1.54, 1.807) is 0 Å². The monoisotopic (exact) mass is 277 g/mol. The molecule has 0 radical (unpaired) electrons. The van der Waals surface area contributed by atoms with Crippen molar-refractivity contribution in [2.75, 3.05) is 12.4 Å². The number of H-pyrrole nitrogens is 1. The van der Waals surface area contributed by atoms with Gasteiger partial charge in [0.25, 0.3) is 0 Å². The molecule has 1 aromatic carbocycles. The maximum absolute atomic E-state index is 12.4. The molecule has 1 heterocycles. The van der Waals surface area contributed by atoms with Gasteiger partial charge in [0, 0.05) is 35.2 Å². The average Bonchev–Trinajstić information content (AvgIpc) is 2.80. The van der Waals surface area contributed by atoms with Gasteiger partial charge in [-0.15, -0.1) is 0 Å². The van der Waals surface area contributed by atoms with E-state index in [1.165, 1.54) is 0 Å². The van der Waals surface area contributed by atoms with Crippen LogP contribution in [0.1, 0.15) is 23.9 Å². The van der Waals surface area contributed by atoms with Crippen LogP contribution in [-0.4, -0.2) is 21.6 Å². The largest absolute Gasteiger partial charge is 0.609 e. The van der Waals surface area contributed by atoms with E-state index in [9.17, 15) is 4.55 Å². The number of para-hydroxylation sites is 1. The third-order valence-corrected chi connectivity index (χ3v) is 4.29. The molecule has 0 saturated heterocycles. The third kappa shape index (κ3) is 3.11. The van der Waals surface area contributed by atoms with Crippen LogP contribution in [0.5, 0.6) is 0 Å². The van der Waals surface area contributed by atoms with Crippen molar-refractivity contribution in [3.8, 4) is 0 Å². The highest BCUT2D eigenvalue weighted by Crippen LogP contribution is 2.21. The van der Waals surface area contributed by atoms with Gasteiger partial charge in [-0.25, -0.2) is 0 Å². The number of nitrogens with zero attached hydrogens (tertiary/aromatic N) is 1. The van der Waals surface area contributed by atoms with Crippen molar-refractivity contribution in [2.45, 2.75) is 31.2 Å². The molecule has 2 N–H and O–H groups in total. The summed E-state index contributed by atoms with van der Waals surface area (Å²) in [6, 6.07) is 7.89. The Morgan fingerprint density at radius 2 is 2.11 bits per heavy atom. The summed E-state index contributed by atoms with van der Waals surface area (Å²) in [5.41, 5.74) is 4.04. The Hall–Kier alpha value is -1.46. The van der Waals surface area contributed by atoms with Crippen molar-refractivity contribution in [1.29, 1.82) is 0 Å². The topological polar surface area (TPSA) is 63.8 Å². The quantitative estimate of drug-likeness (QED) is 0.826. The number of aromatic amines is 1. The molecular formula is C14H19N3OS. The van der Waals surface area contributed by atoms with Crippen LogP contribution < -0.4 is 5.32 Å². The Bertz CT molecular complexity index is 553. The molecular weight excluding hydrogens is 258 g/mol. The van der Waals surface area contributed by atoms with Crippen molar-refractivity contribution >= 4 is 16.9 Å². The molecule has 1 aromatic heterocycles. The highest BCUT2D eigenvalue weighted by molar-refractivity contribution is 7.90. The fourth-order valence-electron chi connectivity index (χ4n) is 2.02. The highest BCUT2D eigenvalue weighted by Gasteiger charge is 2.19. The van der Waals surface area contributed by atoms with E-state index < -0.39 is 11.2 Å². The van der Waals surface area contributed by atoms with Crippen LogP contribution in [0.2, 0.25) is 0 Å². The lowest BCUT2D eigenvalue weighted by atomic mass is 10.2. The second-order valence-corrected chi connectivity index (χ2v) is 5.73. The number of aromatic nitrogens is 2. The minimum Gasteiger partial charge on any atom is -0.609 e. The zero-order valence-corrected chi connectivity index (χ0v) is 12.3. The number of benzene rings is 1. The number of hydrogen-bond donors (Lipinski definition) is 2. The molecule has 2 rings (SSSR count). The molecule has 0 fully saturated rings. The van der Waals surface area contributed by atoms with E-state index in [-0.39, 0.29) is 0 Å². The summed E-state index contributed by atoms with van der Waals surface area (Å²) in [5, 5.41) is 3.68. The summed E-state index contributed by atoms with van der Waals surface area (Å²) in [4.78, 5) is 7.53. The van der Waals surface area contributed by atoms with Gasteiger partial charge in [0.15, 0.2) is 0 Å². The van der Waals surface area contributed by atoms with E-state index >= 15 is 0 Å². The molecule has 19 heavy (non-hydrogen) atoms. The predicted octanol–water partition coefficient (Wildman–Crippen LogP) is 2.63. The molecule has 0 aliphatic heterocycles. The van der Waals surface area contributed by atoms with Crippen LogP contribution in [-0.2, 0) is 23.3 Å². The smallest absolute Gasteiger partial charge is 0.321 e. The van der Waals surface area contributed by atoms with Crippen LogP contribution in [0, 0.1) is 6.92 Å². The van der Waals surface area contributed by atoms with Gasteiger partial charge in [-0.3, -0.25) is 0 Å². The maximum Gasteiger partial charge on any atom is 0.321 e. The second kappa shape index (κ2) is 6.12. The van der Waals surface area contributed by atoms with Crippen LogP contribution in [0.25, 0.3) is 0 Å². The molecule has 0 spiro atoms. The van der Waals surface area contributed by atoms with Crippen LogP contribution in [0.3, 0.4) is 0 Å². The zero-order valence-electron chi connectivity index (χ0n) is 11.5. The SMILES string of the molecule is CCc1nc([S+]([O-])Cc2ccccc2NC)[nH]c1C. The Balaban J connectivity index is 2.18. The minimum atomic E-state index is -1.14. The summed E-state index contributed by atoms with van der Waals surface area (Å²) < 4.78 is 12.4. The Labute approximate surface area is 116 Å². The lowest BCUT2D eigenvalue weighted by molar-refractivity contribution is 0.586. The van der Waals surface area contributed by atoms with Gasteiger partial charge in [-0.1, -0.05) is 25.1 Å². The minimum absolute atomic E-state index is 0.465. The lowest BCUT2D eigenvalue weighted by Gasteiger charge is -2.10. The molecule has 0 saturated carbocycles. The summed E-state index contributed by atoms with van der Waals surface area (Å²) >= 11 is -1.14. The maximum atomic E-state index is 12.4. The van der Waals surface area contributed by atoms with Crippen molar-refractivity contribution < 1.29 is 4.55 Å². The highest BCUT2D eigenvalue weighted by atomic mass is 32.2. The first-order chi connectivity index (χ1) is 9.15. The fraction of sp³-hybridized carbons (Fsp3) is 0.357. The first-order valence-corrected chi connectivity index (χ1v) is 7.67. The number of nitrogens with one attached hydrogen (secondary N) is 2. The molecule has 102 valence electrons. The first kappa shape index (κ1) is 14.0. The lowest BCUT2D eigenvalue weighted by Crippen LogP contribution is -2.09. The number of anilines is 1. The van der Waals surface area contributed by atoms with Crippen LogP contribution >= 0.6 is 0 Å². The molecule has 5 heteroatoms. The number of aryl methyl sites for hydroxylation is 2. The fourth-order valence-corrected chi connectivity index (χ4v) is 3.17. The van der Waals surface area contributed by atoms with Crippen LogP contribution in [0.15, 0.2) is 29.4 Å². The van der Waals surface area contributed by atoms with Crippen molar-refractivity contribution in [2.24, 2.45) is 0 Å². The second-order valence-electron chi connectivity index (χ2n) is 4.36. The summed E-state index contributed by atoms with van der Waals surface area (Å²) in [6.45, 7) is 4.01. The molecule has 4 nitrogen and oxygen atoms in total. The average molecular weight is 277 g/mol. The van der Waals surface area contributed by atoms with E-state index in [1.807, 2.05) is 45.2 Å². The summed E-state index contributed by atoms with van der Waals surface area (Å²) in [5.74, 6) is 0.465. The molecule has 0 amide bonds. The third-order valence-electron chi connectivity index (χ3n) is 3.09. The Morgan fingerprint density at radius 3 is 2.74 bits per heavy atom. The molecule has 0 aliphatic carbocycles. The standard InChI is InChI=1S/C14H19N3OS/c1-4-12-10(2)16-14(17-12)19(18)9-11-7-5-6-8-13(11)15-3/h5-8,15H,4,9H2,1-3H3,(H,16,17). The predicted molar refractivity (Wildman–Crippen MR) is 78.8 cm³/mol. The first-order valence-electron chi connectivity index (χ1n) is 6.35. The van der Waals surface area contributed by atoms with Crippen molar-refractivity contribution in [3.63, 3.8) is 0 Å². The van der Waals surface area contributed by atoms with Gasteiger partial charge in [0.1, 0.15) is 5.75 Å². The van der Waals surface area contributed by atoms with Crippen LogP contribution in [0.4, 0.5) is 5.69 Å². The summed E-state index contributed by atoms with van der Waals surface area (Å²) in [7, 11) is 1.87. The van der Waals surface area contributed by atoms with E-state index in [0.717, 1.165) is 29.1 Å². The van der Waals surface area contributed by atoms with Gasteiger partial charge in [0.2, 0.25) is 0 Å². The van der Waals surface area contributed by atoms with E-state index in [0.29, 0.717) is 10.9 Å². The van der Waals surface area contributed by atoms with Gasteiger partial charge in [-0.2, -0.15) is 4.98 Å². The number of rotatable bonds is 5. The normalized spacial score (nSPS) is 12.4. The molecule has 0 aliphatic rings. The van der Waals surface area contributed by atoms with Crippen molar-refractivity contribution in [3.05, 3.63) is 41.2 Å². The number of hydrogen-bond acceptors (Lipinski definition) is 3. The molecule has 1 atom stereocenters. The van der Waals surface area contributed by atoms with Crippen molar-refractivity contribution in [1.82, 2.24) is 9.97 Å². The zero-order chi connectivity index (χ0) is 13.8. The van der Waals surface area contributed by atoms with E-state index in [4.69, 9.17) is 0 Å². The van der Waals surface area contributed by atoms with Gasteiger partial charge < -0.3 is 14.9 Å². The molecule has 1 unspecified atom stereocenters. The van der Waals surface area contributed by atoms with Gasteiger partial charge in [-0.05, 0) is 19.4 Å². The molecule has 2 aromatic rings. The van der Waals surface area contributed by atoms with Gasteiger partial charge >= 0.3 is 5.16 Å². The Kier molecular flexibility index (Phi) is 4.50. The van der Waals surface area contributed by atoms with Gasteiger partial charge in [0.05, 0.1) is 5.69 Å². The summed E-state index contributed by atoms with van der Waals surface area (Å²) in [6.07, 6.45) is 0.854. The number of imidazole rings is 1.